The number of piperidine rings is 1. The van der Waals surface area contributed by atoms with Gasteiger partial charge in [-0.2, -0.15) is 13.9 Å². The molecule has 0 unspecified atom stereocenters. The Morgan fingerprint density at radius 2 is 2.12 bits per heavy atom. The molecule has 1 atom stereocenters. The van der Waals surface area contributed by atoms with Gasteiger partial charge in [0.25, 0.3) is 5.91 Å². The van der Waals surface area contributed by atoms with Gasteiger partial charge >= 0.3 is 5.92 Å². The van der Waals surface area contributed by atoms with Crippen LogP contribution < -0.4 is 10.2 Å². The monoisotopic (exact) mass is 347 g/mol. The van der Waals surface area contributed by atoms with E-state index in [9.17, 15) is 13.6 Å². The third-order valence-electron chi connectivity index (χ3n) is 4.23. The van der Waals surface area contributed by atoms with Gasteiger partial charge in [-0.1, -0.05) is 6.07 Å². The van der Waals surface area contributed by atoms with E-state index in [4.69, 9.17) is 0 Å². The lowest BCUT2D eigenvalue weighted by Crippen LogP contribution is -2.51. The van der Waals surface area contributed by atoms with Crippen molar-refractivity contribution in [3.63, 3.8) is 0 Å². The van der Waals surface area contributed by atoms with Crippen molar-refractivity contribution in [2.24, 2.45) is 0 Å². The van der Waals surface area contributed by atoms with Crippen molar-refractivity contribution in [3.05, 3.63) is 47.9 Å². The Kier molecular flexibility index (Phi) is 4.87. The van der Waals surface area contributed by atoms with E-state index in [0.717, 1.165) is 13.0 Å². The van der Waals surface area contributed by atoms with E-state index in [1.54, 1.807) is 18.3 Å². The maximum Gasteiger partial charge on any atom is 0.366 e. The highest BCUT2D eigenvalue weighted by Gasteiger charge is 2.44. The van der Waals surface area contributed by atoms with Gasteiger partial charge in [-0.05, 0) is 43.5 Å². The summed E-state index contributed by atoms with van der Waals surface area (Å²) in [6.07, 6.45) is 4.25. The Morgan fingerprint density at radius 3 is 2.84 bits per heavy atom. The van der Waals surface area contributed by atoms with Crippen LogP contribution in [0.25, 0.3) is 0 Å². The summed E-state index contributed by atoms with van der Waals surface area (Å²) in [5.41, 5.74) is -0.221. The van der Waals surface area contributed by atoms with Gasteiger partial charge in [0.2, 0.25) is 0 Å². The predicted octanol–water partition coefficient (Wildman–Crippen LogP) is 2.06. The van der Waals surface area contributed by atoms with Gasteiger partial charge < -0.3 is 10.2 Å². The number of anilines is 1. The first-order valence-corrected chi connectivity index (χ1v) is 8.12. The van der Waals surface area contributed by atoms with E-state index >= 15 is 0 Å². The van der Waals surface area contributed by atoms with Gasteiger partial charge in [-0.15, -0.1) is 5.10 Å². The van der Waals surface area contributed by atoms with Crippen molar-refractivity contribution in [2.45, 2.75) is 31.7 Å². The SMILES string of the molecule is Cc1cccnc1C(F)(F)C(=O)N[C@H]1CCCN(c2cccnn2)C1. The molecule has 0 spiro atoms. The van der Waals surface area contributed by atoms with Gasteiger partial charge in [0, 0.05) is 31.5 Å². The molecule has 0 saturated carbocycles. The molecule has 6 nitrogen and oxygen atoms in total. The fraction of sp³-hybridized carbons (Fsp3) is 0.412. The highest BCUT2D eigenvalue weighted by molar-refractivity contribution is 5.85. The zero-order chi connectivity index (χ0) is 17.9. The second-order valence-corrected chi connectivity index (χ2v) is 6.08. The lowest BCUT2D eigenvalue weighted by molar-refractivity contribution is -0.148. The summed E-state index contributed by atoms with van der Waals surface area (Å²) in [6, 6.07) is 6.27. The van der Waals surface area contributed by atoms with Crippen molar-refractivity contribution < 1.29 is 13.6 Å². The summed E-state index contributed by atoms with van der Waals surface area (Å²) in [6.45, 7) is 2.68. The molecular formula is C17H19F2N5O. The highest BCUT2D eigenvalue weighted by Crippen LogP contribution is 2.29. The number of aryl methyl sites for hydroxylation is 1. The molecule has 2 aromatic heterocycles. The Morgan fingerprint density at radius 1 is 1.32 bits per heavy atom. The van der Waals surface area contributed by atoms with Crippen LogP contribution in [0.15, 0.2) is 36.7 Å². The third-order valence-corrected chi connectivity index (χ3v) is 4.23. The summed E-state index contributed by atoms with van der Waals surface area (Å²) < 4.78 is 28.9. The normalized spacial score (nSPS) is 18.0. The number of hydrogen-bond acceptors (Lipinski definition) is 5. The van der Waals surface area contributed by atoms with Crippen molar-refractivity contribution in [1.29, 1.82) is 0 Å². The van der Waals surface area contributed by atoms with E-state index in [-0.39, 0.29) is 11.6 Å². The largest absolute Gasteiger partial charge is 0.366 e. The van der Waals surface area contributed by atoms with E-state index in [0.29, 0.717) is 18.8 Å². The smallest absolute Gasteiger partial charge is 0.353 e. The van der Waals surface area contributed by atoms with Crippen LogP contribution in [0.1, 0.15) is 24.1 Å². The van der Waals surface area contributed by atoms with Crippen LogP contribution in [0.2, 0.25) is 0 Å². The quantitative estimate of drug-likeness (QED) is 0.917. The molecule has 3 rings (SSSR count). The van der Waals surface area contributed by atoms with Crippen molar-refractivity contribution in [3.8, 4) is 0 Å². The summed E-state index contributed by atoms with van der Waals surface area (Å²) in [7, 11) is 0. The molecule has 1 amide bonds. The lowest BCUT2D eigenvalue weighted by atomic mass is 10.0. The Balaban J connectivity index is 1.69. The van der Waals surface area contributed by atoms with Crippen molar-refractivity contribution in [1.82, 2.24) is 20.5 Å². The summed E-state index contributed by atoms with van der Waals surface area (Å²) in [4.78, 5) is 17.8. The molecule has 3 heterocycles. The van der Waals surface area contributed by atoms with Crippen LogP contribution in [0, 0.1) is 6.92 Å². The number of nitrogens with one attached hydrogen (secondary N) is 1. The van der Waals surface area contributed by atoms with Gasteiger partial charge in [-0.3, -0.25) is 9.78 Å². The number of nitrogens with zero attached hydrogens (tertiary/aromatic N) is 4. The molecule has 1 aliphatic rings. The number of pyridine rings is 1. The highest BCUT2D eigenvalue weighted by atomic mass is 19.3. The first-order chi connectivity index (χ1) is 12.0. The number of hydrogen-bond donors (Lipinski definition) is 1. The molecule has 1 fully saturated rings. The van der Waals surface area contributed by atoms with E-state index in [2.05, 4.69) is 20.5 Å². The number of aromatic nitrogens is 3. The minimum Gasteiger partial charge on any atom is -0.353 e. The molecule has 1 saturated heterocycles. The van der Waals surface area contributed by atoms with Gasteiger partial charge in [0.05, 0.1) is 0 Å². The molecule has 0 radical (unpaired) electrons. The number of carbonyl (C=O) groups is 1. The van der Waals surface area contributed by atoms with Gasteiger partial charge in [0.15, 0.2) is 5.82 Å². The number of amides is 1. The van der Waals surface area contributed by atoms with Crippen LogP contribution in [0.4, 0.5) is 14.6 Å². The number of alkyl halides is 2. The molecule has 1 aliphatic heterocycles. The van der Waals surface area contributed by atoms with Crippen LogP contribution in [0.5, 0.6) is 0 Å². The molecule has 25 heavy (non-hydrogen) atoms. The predicted molar refractivity (Wildman–Crippen MR) is 88.3 cm³/mol. The number of rotatable bonds is 4. The molecule has 0 aliphatic carbocycles. The number of halogens is 2. The molecule has 8 heteroatoms. The van der Waals surface area contributed by atoms with Gasteiger partial charge in [0.1, 0.15) is 5.69 Å². The molecule has 2 aromatic rings. The maximum atomic E-state index is 14.5. The standard InChI is InChI=1S/C17H19F2N5O/c1-12-5-2-8-20-15(12)17(18,19)16(25)22-13-6-4-10-24(11-13)14-7-3-9-21-23-14/h2-3,5,7-9,13H,4,6,10-11H2,1H3,(H,22,25)/t13-/m0/s1. The second kappa shape index (κ2) is 7.08. The molecule has 132 valence electrons. The van der Waals surface area contributed by atoms with Gasteiger partial charge in [-0.25, -0.2) is 0 Å². The summed E-state index contributed by atoms with van der Waals surface area (Å²) in [5.74, 6) is -4.31. The zero-order valence-electron chi connectivity index (χ0n) is 13.8. The minimum atomic E-state index is -3.67. The Labute approximate surface area is 144 Å². The van der Waals surface area contributed by atoms with E-state index < -0.39 is 17.5 Å². The molecule has 0 bridgehead atoms. The van der Waals surface area contributed by atoms with E-state index in [1.807, 2.05) is 11.0 Å². The first-order valence-electron chi connectivity index (χ1n) is 8.12. The first kappa shape index (κ1) is 17.2. The Hall–Kier alpha value is -2.64. The van der Waals surface area contributed by atoms with E-state index in [1.165, 1.54) is 19.2 Å². The molecule has 0 aromatic carbocycles. The maximum absolute atomic E-state index is 14.5. The number of carbonyl (C=O) groups excluding carboxylic acids is 1. The average Bonchev–Trinajstić information content (AvgIpc) is 2.63. The summed E-state index contributed by atoms with van der Waals surface area (Å²) >= 11 is 0. The van der Waals surface area contributed by atoms with Crippen LogP contribution >= 0.6 is 0 Å². The van der Waals surface area contributed by atoms with Crippen molar-refractivity contribution >= 4 is 11.7 Å². The Bertz CT molecular complexity index is 741. The fourth-order valence-electron chi connectivity index (χ4n) is 2.96. The third kappa shape index (κ3) is 3.72. The van der Waals surface area contributed by atoms with Crippen LogP contribution in [-0.2, 0) is 10.7 Å². The van der Waals surface area contributed by atoms with Crippen molar-refractivity contribution in [2.75, 3.05) is 18.0 Å². The fourth-order valence-corrected chi connectivity index (χ4v) is 2.96. The minimum absolute atomic E-state index is 0.285. The summed E-state index contributed by atoms with van der Waals surface area (Å²) in [5, 5.41) is 10.3. The van der Waals surface area contributed by atoms with Crippen LogP contribution in [-0.4, -0.2) is 40.2 Å². The van der Waals surface area contributed by atoms with Crippen LogP contribution in [0.3, 0.4) is 0 Å². The second-order valence-electron chi connectivity index (χ2n) is 6.08. The molecule has 1 N–H and O–H groups in total. The molecular weight excluding hydrogens is 328 g/mol. The average molecular weight is 347 g/mol. The zero-order valence-corrected chi connectivity index (χ0v) is 13.8. The topological polar surface area (TPSA) is 71.0 Å². The lowest BCUT2D eigenvalue weighted by Gasteiger charge is -2.34.